The largest absolute Gasteiger partial charge is 0.468 e. The molecule has 0 radical (unpaired) electrons. The SMILES string of the molecule is COC(=O)C(NCCSc1cc(Cl)ccc1Cl)C(C)C. The minimum atomic E-state index is -0.282. The third-order valence-corrected chi connectivity index (χ3v) is 4.47. The number of methoxy groups -OCH3 is 1. The molecule has 0 aliphatic rings. The van der Waals surface area contributed by atoms with E-state index < -0.39 is 0 Å². The highest BCUT2D eigenvalue weighted by Crippen LogP contribution is 2.29. The molecule has 0 bridgehead atoms. The molecule has 0 saturated heterocycles. The fraction of sp³-hybridized carbons (Fsp3) is 0.500. The summed E-state index contributed by atoms with van der Waals surface area (Å²) in [6, 6.07) is 5.10. The van der Waals surface area contributed by atoms with Crippen molar-refractivity contribution in [3.63, 3.8) is 0 Å². The van der Waals surface area contributed by atoms with E-state index in [9.17, 15) is 4.79 Å². The van der Waals surface area contributed by atoms with Crippen molar-refractivity contribution in [1.29, 1.82) is 0 Å². The van der Waals surface area contributed by atoms with E-state index in [0.717, 1.165) is 10.6 Å². The maximum absolute atomic E-state index is 11.6. The van der Waals surface area contributed by atoms with E-state index in [1.165, 1.54) is 7.11 Å². The molecule has 0 spiro atoms. The number of halogens is 2. The Morgan fingerprint density at radius 1 is 1.40 bits per heavy atom. The van der Waals surface area contributed by atoms with Crippen LogP contribution in [0.2, 0.25) is 10.0 Å². The van der Waals surface area contributed by atoms with Gasteiger partial charge in [0.15, 0.2) is 0 Å². The van der Waals surface area contributed by atoms with Crippen LogP contribution in [0.1, 0.15) is 13.8 Å². The summed E-state index contributed by atoms with van der Waals surface area (Å²) in [5.41, 5.74) is 0. The number of hydrogen-bond acceptors (Lipinski definition) is 4. The standard InChI is InChI=1S/C14H19Cl2NO2S/c1-9(2)13(14(18)19-3)17-6-7-20-12-8-10(15)4-5-11(12)16/h4-5,8-9,13,17H,6-7H2,1-3H3. The summed E-state index contributed by atoms with van der Waals surface area (Å²) >= 11 is 13.6. The Hall–Kier alpha value is -0.420. The van der Waals surface area contributed by atoms with Crippen molar-refractivity contribution in [2.45, 2.75) is 24.8 Å². The lowest BCUT2D eigenvalue weighted by Gasteiger charge is -2.19. The van der Waals surface area contributed by atoms with Gasteiger partial charge in [-0.1, -0.05) is 37.0 Å². The number of ether oxygens (including phenoxy) is 1. The average Bonchev–Trinajstić information content (AvgIpc) is 2.41. The Morgan fingerprint density at radius 3 is 2.70 bits per heavy atom. The second-order valence-corrected chi connectivity index (χ2v) is 6.60. The molecule has 1 atom stereocenters. The molecule has 0 saturated carbocycles. The van der Waals surface area contributed by atoms with Gasteiger partial charge in [0.2, 0.25) is 0 Å². The van der Waals surface area contributed by atoms with Gasteiger partial charge in [-0.05, 0) is 24.1 Å². The minimum absolute atomic E-state index is 0.183. The van der Waals surface area contributed by atoms with Gasteiger partial charge in [-0.3, -0.25) is 4.79 Å². The van der Waals surface area contributed by atoms with Crippen LogP contribution in [-0.2, 0) is 9.53 Å². The number of nitrogens with one attached hydrogen (secondary N) is 1. The molecule has 0 aliphatic heterocycles. The average molecular weight is 336 g/mol. The molecule has 0 heterocycles. The van der Waals surface area contributed by atoms with Crippen LogP contribution >= 0.6 is 35.0 Å². The number of hydrogen-bond donors (Lipinski definition) is 1. The van der Waals surface area contributed by atoms with Crippen LogP contribution in [0.3, 0.4) is 0 Å². The summed E-state index contributed by atoms with van der Waals surface area (Å²) in [7, 11) is 1.40. The van der Waals surface area contributed by atoms with Crippen molar-refractivity contribution in [3.8, 4) is 0 Å². The van der Waals surface area contributed by atoms with E-state index >= 15 is 0 Å². The summed E-state index contributed by atoms with van der Waals surface area (Å²) in [4.78, 5) is 12.5. The van der Waals surface area contributed by atoms with Gasteiger partial charge in [-0.2, -0.15) is 0 Å². The molecule has 1 aromatic rings. The lowest BCUT2D eigenvalue weighted by molar-refractivity contribution is -0.144. The maximum Gasteiger partial charge on any atom is 0.323 e. The van der Waals surface area contributed by atoms with E-state index in [1.54, 1.807) is 23.9 Å². The third-order valence-electron chi connectivity index (χ3n) is 2.74. The number of carbonyl (C=O) groups is 1. The highest BCUT2D eigenvalue weighted by atomic mass is 35.5. The lowest BCUT2D eigenvalue weighted by Crippen LogP contribution is -2.42. The molecular formula is C14H19Cl2NO2S. The van der Waals surface area contributed by atoms with Crippen LogP contribution in [0, 0.1) is 5.92 Å². The molecule has 0 aromatic heterocycles. The zero-order valence-electron chi connectivity index (χ0n) is 11.8. The van der Waals surface area contributed by atoms with Crippen molar-refractivity contribution in [2.24, 2.45) is 5.92 Å². The lowest BCUT2D eigenvalue weighted by atomic mass is 10.1. The first-order chi connectivity index (χ1) is 9.45. The minimum Gasteiger partial charge on any atom is -0.468 e. The Bertz CT molecular complexity index is 455. The molecule has 0 aliphatic carbocycles. The topological polar surface area (TPSA) is 38.3 Å². The first-order valence-corrected chi connectivity index (χ1v) is 8.09. The van der Waals surface area contributed by atoms with Gasteiger partial charge < -0.3 is 10.1 Å². The Labute approximate surface area is 134 Å². The number of esters is 1. The molecule has 0 amide bonds. The number of thioether (sulfide) groups is 1. The quantitative estimate of drug-likeness (QED) is 0.466. The summed E-state index contributed by atoms with van der Waals surface area (Å²) in [6.07, 6.45) is 0. The molecule has 112 valence electrons. The van der Waals surface area contributed by atoms with Gasteiger partial charge in [-0.15, -0.1) is 11.8 Å². The van der Waals surface area contributed by atoms with E-state index in [0.29, 0.717) is 16.6 Å². The van der Waals surface area contributed by atoms with E-state index in [2.05, 4.69) is 5.32 Å². The predicted molar refractivity (Wildman–Crippen MR) is 85.8 cm³/mol. The summed E-state index contributed by atoms with van der Waals surface area (Å²) in [6.45, 7) is 4.65. The first kappa shape index (κ1) is 17.6. The van der Waals surface area contributed by atoms with Crippen molar-refractivity contribution in [3.05, 3.63) is 28.2 Å². The Morgan fingerprint density at radius 2 is 2.10 bits per heavy atom. The van der Waals surface area contributed by atoms with Crippen LogP contribution in [-0.4, -0.2) is 31.4 Å². The predicted octanol–water partition coefficient (Wildman–Crippen LogP) is 3.87. The fourth-order valence-corrected chi connectivity index (χ4v) is 3.06. The van der Waals surface area contributed by atoms with Crippen LogP contribution in [0.5, 0.6) is 0 Å². The second kappa shape index (κ2) is 8.78. The Kier molecular flexibility index (Phi) is 7.74. The molecule has 1 aromatic carbocycles. The third kappa shape index (κ3) is 5.52. The molecule has 6 heteroatoms. The van der Waals surface area contributed by atoms with Crippen molar-refractivity contribution in [1.82, 2.24) is 5.32 Å². The van der Waals surface area contributed by atoms with Crippen molar-refractivity contribution >= 4 is 40.9 Å². The number of benzene rings is 1. The molecule has 20 heavy (non-hydrogen) atoms. The fourth-order valence-electron chi connectivity index (χ4n) is 1.68. The summed E-state index contributed by atoms with van der Waals surface area (Å²) in [5.74, 6) is 0.744. The van der Waals surface area contributed by atoms with Crippen LogP contribution < -0.4 is 5.32 Å². The summed E-state index contributed by atoms with van der Waals surface area (Å²) < 4.78 is 4.78. The van der Waals surface area contributed by atoms with Gasteiger partial charge in [0, 0.05) is 22.2 Å². The summed E-state index contributed by atoms with van der Waals surface area (Å²) in [5, 5.41) is 4.56. The van der Waals surface area contributed by atoms with Crippen molar-refractivity contribution < 1.29 is 9.53 Å². The highest BCUT2D eigenvalue weighted by molar-refractivity contribution is 7.99. The van der Waals surface area contributed by atoms with Crippen molar-refractivity contribution in [2.75, 3.05) is 19.4 Å². The van der Waals surface area contributed by atoms with E-state index in [-0.39, 0.29) is 17.9 Å². The van der Waals surface area contributed by atoms with Gasteiger partial charge in [0.25, 0.3) is 0 Å². The molecular weight excluding hydrogens is 317 g/mol. The van der Waals surface area contributed by atoms with Gasteiger partial charge in [-0.25, -0.2) is 0 Å². The number of carbonyl (C=O) groups excluding carboxylic acids is 1. The van der Waals surface area contributed by atoms with Gasteiger partial charge in [0.05, 0.1) is 12.1 Å². The zero-order chi connectivity index (χ0) is 15.1. The van der Waals surface area contributed by atoms with Gasteiger partial charge in [0.1, 0.15) is 6.04 Å². The molecule has 1 rings (SSSR count). The van der Waals surface area contributed by atoms with Crippen LogP contribution in [0.15, 0.2) is 23.1 Å². The maximum atomic E-state index is 11.6. The second-order valence-electron chi connectivity index (χ2n) is 4.62. The zero-order valence-corrected chi connectivity index (χ0v) is 14.1. The highest BCUT2D eigenvalue weighted by Gasteiger charge is 2.21. The van der Waals surface area contributed by atoms with Gasteiger partial charge >= 0.3 is 5.97 Å². The monoisotopic (exact) mass is 335 g/mol. The molecule has 1 N–H and O–H groups in total. The molecule has 0 fully saturated rings. The smallest absolute Gasteiger partial charge is 0.323 e. The van der Waals surface area contributed by atoms with Crippen LogP contribution in [0.4, 0.5) is 0 Å². The molecule has 1 unspecified atom stereocenters. The normalized spacial score (nSPS) is 12.5. The van der Waals surface area contributed by atoms with E-state index in [1.807, 2.05) is 19.9 Å². The molecule has 3 nitrogen and oxygen atoms in total. The van der Waals surface area contributed by atoms with Crippen LogP contribution in [0.25, 0.3) is 0 Å². The first-order valence-electron chi connectivity index (χ1n) is 6.34. The number of rotatable bonds is 7. The Balaban J connectivity index is 2.44. The van der Waals surface area contributed by atoms with E-state index in [4.69, 9.17) is 27.9 Å².